The van der Waals surface area contributed by atoms with Gasteiger partial charge < -0.3 is 14.7 Å². The fourth-order valence-electron chi connectivity index (χ4n) is 2.46. The molecule has 0 amide bonds. The minimum absolute atomic E-state index is 0.00254. The van der Waals surface area contributed by atoms with E-state index in [1.54, 1.807) is 6.08 Å². The molecule has 0 bridgehead atoms. The van der Waals surface area contributed by atoms with Crippen molar-refractivity contribution in [2.75, 3.05) is 20.6 Å². The van der Waals surface area contributed by atoms with Gasteiger partial charge in [-0.25, -0.2) is 0 Å². The summed E-state index contributed by atoms with van der Waals surface area (Å²) in [5, 5.41) is 9.76. The molecule has 2 aromatic rings. The van der Waals surface area contributed by atoms with Crippen LogP contribution in [0.15, 0.2) is 67.3 Å². The molecule has 0 aliphatic rings. The third-order valence-electron chi connectivity index (χ3n) is 3.71. The lowest BCUT2D eigenvalue weighted by Crippen LogP contribution is -2.30. The van der Waals surface area contributed by atoms with Crippen LogP contribution >= 0.6 is 12.6 Å². The molecular weight excluding hydrogens is 358 g/mol. The van der Waals surface area contributed by atoms with Crippen LogP contribution in [-0.2, 0) is 4.79 Å². The number of hydrogen-bond acceptors (Lipinski definition) is 4. The molecule has 0 heterocycles. The molecule has 2 atom stereocenters. The average molecular weight is 388 g/mol. The number of rotatable bonds is 8. The summed E-state index contributed by atoms with van der Waals surface area (Å²) < 4.78 is 6.35. The monoisotopic (exact) mass is 387 g/mol. The van der Waals surface area contributed by atoms with Crippen molar-refractivity contribution in [1.29, 1.82) is 0 Å². The third kappa shape index (κ3) is 8.80. The molecule has 1 N–H and O–H groups in total. The van der Waals surface area contributed by atoms with Crippen molar-refractivity contribution in [2.24, 2.45) is 0 Å². The van der Waals surface area contributed by atoms with Gasteiger partial charge in [0.25, 0.3) is 5.97 Å². The predicted molar refractivity (Wildman–Crippen MR) is 117 cm³/mol. The van der Waals surface area contributed by atoms with Gasteiger partial charge in [0.05, 0.1) is 5.25 Å². The number of aliphatic carboxylic acids is 1. The van der Waals surface area contributed by atoms with E-state index in [0.29, 0.717) is 0 Å². The number of nitrogens with zero attached hydrogens (tertiary/aromatic N) is 1. The van der Waals surface area contributed by atoms with Crippen LogP contribution in [0, 0.1) is 0 Å². The van der Waals surface area contributed by atoms with Gasteiger partial charge >= 0.3 is 0 Å². The molecule has 1 unspecified atom stereocenters. The van der Waals surface area contributed by atoms with Gasteiger partial charge in [0, 0.05) is 18.9 Å². The molecule has 0 spiro atoms. The van der Waals surface area contributed by atoms with E-state index in [9.17, 15) is 0 Å². The van der Waals surface area contributed by atoms with Gasteiger partial charge in [-0.2, -0.15) is 12.6 Å². The highest BCUT2D eigenvalue weighted by atomic mass is 32.1. The summed E-state index contributed by atoms with van der Waals surface area (Å²) in [6.45, 7) is 5.76. The minimum Gasteiger partial charge on any atom is -0.488 e. The van der Waals surface area contributed by atoms with E-state index in [0.717, 1.165) is 31.0 Å². The first-order valence-electron chi connectivity index (χ1n) is 8.81. The fraction of sp³-hybridized carbons (Fsp3) is 0.318. The maximum absolute atomic E-state index is 9.00. The molecule has 0 saturated carbocycles. The topological polar surface area (TPSA) is 49.8 Å². The number of thiol groups is 1. The molecule has 0 aliphatic carbocycles. The normalized spacial score (nSPS) is 13.1. The van der Waals surface area contributed by atoms with Gasteiger partial charge in [-0.3, -0.25) is 4.79 Å². The third-order valence-corrected chi connectivity index (χ3v) is 4.22. The standard InChI is InChI=1S/C20H25NOS.C2H4O2/c1-4-5-13-20(23)19(14-15-21(2)3)22-18-12-8-10-16-9-6-7-11-17(16)18;1-2(3)4/h4-13,19-20,23H,1,14-15H2,2-3H3;1H3,(H,3,4)/t19-,20?;/m0./s1. The van der Waals surface area contributed by atoms with E-state index < -0.39 is 5.97 Å². The second-order valence-electron chi connectivity index (χ2n) is 6.36. The van der Waals surface area contributed by atoms with E-state index in [2.05, 4.69) is 43.8 Å². The Morgan fingerprint density at radius 3 is 2.52 bits per heavy atom. The van der Waals surface area contributed by atoms with Gasteiger partial charge in [0.2, 0.25) is 0 Å². The smallest absolute Gasteiger partial charge is 0.300 e. The summed E-state index contributed by atoms with van der Waals surface area (Å²) in [5.41, 5.74) is 0. The van der Waals surface area contributed by atoms with Crippen molar-refractivity contribution < 1.29 is 14.6 Å². The summed E-state index contributed by atoms with van der Waals surface area (Å²) in [5.74, 6) is 0.0814. The quantitative estimate of drug-likeness (QED) is 0.510. The lowest BCUT2D eigenvalue weighted by atomic mass is 10.1. The molecule has 2 aromatic carbocycles. The van der Waals surface area contributed by atoms with Crippen LogP contribution in [0.5, 0.6) is 5.75 Å². The van der Waals surface area contributed by atoms with E-state index in [-0.39, 0.29) is 11.4 Å². The largest absolute Gasteiger partial charge is 0.488 e. The zero-order valence-electron chi connectivity index (χ0n) is 16.2. The van der Waals surface area contributed by atoms with Crippen LogP contribution in [0.2, 0.25) is 0 Å². The van der Waals surface area contributed by atoms with Gasteiger partial charge in [-0.1, -0.05) is 61.2 Å². The Morgan fingerprint density at radius 1 is 1.26 bits per heavy atom. The fourth-order valence-corrected chi connectivity index (χ4v) is 2.77. The summed E-state index contributed by atoms with van der Waals surface area (Å²) in [6, 6.07) is 14.5. The van der Waals surface area contributed by atoms with Crippen molar-refractivity contribution in [3.05, 3.63) is 67.3 Å². The van der Waals surface area contributed by atoms with Crippen LogP contribution in [0.1, 0.15) is 13.3 Å². The Bertz CT molecular complexity index is 749. The predicted octanol–water partition coefficient (Wildman–Crippen LogP) is 4.67. The van der Waals surface area contributed by atoms with Crippen LogP contribution < -0.4 is 4.74 Å². The molecule has 5 heteroatoms. The van der Waals surface area contributed by atoms with Crippen LogP contribution in [0.3, 0.4) is 0 Å². The summed E-state index contributed by atoms with van der Waals surface area (Å²) in [6.07, 6.45) is 6.63. The van der Waals surface area contributed by atoms with Gasteiger partial charge in [-0.15, -0.1) is 0 Å². The first-order valence-corrected chi connectivity index (χ1v) is 9.32. The van der Waals surface area contributed by atoms with Crippen molar-refractivity contribution in [3.8, 4) is 5.75 Å². The highest BCUT2D eigenvalue weighted by Gasteiger charge is 2.19. The maximum atomic E-state index is 9.00. The lowest BCUT2D eigenvalue weighted by Gasteiger charge is -2.25. The number of carboxylic acid groups (broad SMARTS) is 1. The highest BCUT2D eigenvalue weighted by molar-refractivity contribution is 7.81. The molecule has 146 valence electrons. The molecule has 0 aliphatic heterocycles. The second-order valence-corrected chi connectivity index (χ2v) is 6.95. The van der Waals surface area contributed by atoms with Crippen molar-refractivity contribution in [1.82, 2.24) is 4.90 Å². The molecule has 0 fully saturated rings. The average Bonchev–Trinajstić information content (AvgIpc) is 2.62. The Kier molecular flexibility index (Phi) is 10.3. The van der Waals surface area contributed by atoms with E-state index in [4.69, 9.17) is 27.3 Å². The molecule has 0 radical (unpaired) electrons. The number of fused-ring (bicyclic) bond motifs is 1. The summed E-state index contributed by atoms with van der Waals surface area (Å²) in [4.78, 5) is 11.2. The van der Waals surface area contributed by atoms with Gasteiger partial charge in [0.15, 0.2) is 0 Å². The molecule has 0 saturated heterocycles. The van der Waals surface area contributed by atoms with Crippen molar-refractivity contribution >= 4 is 29.4 Å². The molecule has 27 heavy (non-hydrogen) atoms. The van der Waals surface area contributed by atoms with Crippen molar-refractivity contribution in [3.63, 3.8) is 0 Å². The van der Waals surface area contributed by atoms with Gasteiger partial charge in [-0.05, 0) is 32.0 Å². The Labute approximate surface area is 167 Å². The number of carbonyl (C=O) groups is 1. The van der Waals surface area contributed by atoms with Crippen LogP contribution in [0.25, 0.3) is 10.8 Å². The molecule has 2 rings (SSSR count). The number of ether oxygens (including phenoxy) is 1. The van der Waals surface area contributed by atoms with E-state index in [1.165, 1.54) is 5.39 Å². The maximum Gasteiger partial charge on any atom is 0.300 e. The number of hydrogen-bond donors (Lipinski definition) is 2. The van der Waals surface area contributed by atoms with Gasteiger partial charge in [0.1, 0.15) is 11.9 Å². The minimum atomic E-state index is -0.833. The first kappa shape index (κ1) is 22.8. The van der Waals surface area contributed by atoms with Crippen LogP contribution in [-0.4, -0.2) is 48.0 Å². The summed E-state index contributed by atoms with van der Waals surface area (Å²) >= 11 is 4.71. The lowest BCUT2D eigenvalue weighted by molar-refractivity contribution is -0.134. The summed E-state index contributed by atoms with van der Waals surface area (Å²) in [7, 11) is 4.14. The second kappa shape index (κ2) is 12.2. The van der Waals surface area contributed by atoms with E-state index >= 15 is 0 Å². The van der Waals surface area contributed by atoms with E-state index in [1.807, 2.05) is 36.4 Å². The first-order chi connectivity index (χ1) is 12.8. The Morgan fingerprint density at radius 2 is 1.89 bits per heavy atom. The van der Waals surface area contributed by atoms with Crippen LogP contribution in [0.4, 0.5) is 0 Å². The van der Waals surface area contributed by atoms with Crippen molar-refractivity contribution in [2.45, 2.75) is 24.7 Å². The Hall–Kier alpha value is -2.24. The molecule has 0 aromatic heterocycles. The number of carboxylic acids is 1. The zero-order chi connectivity index (χ0) is 20.2. The Balaban J connectivity index is 0.000000828. The zero-order valence-corrected chi connectivity index (χ0v) is 17.1. The SMILES string of the molecule is C=CC=CC(S)[C@H](CCN(C)C)Oc1cccc2ccccc12.CC(=O)O. The molecule has 4 nitrogen and oxygen atoms in total. The highest BCUT2D eigenvalue weighted by Crippen LogP contribution is 2.28. The molecular formula is C22H29NO3S. The number of benzene rings is 2. The number of allylic oxidation sites excluding steroid dienone is 2.